The molecule has 3 rings (SSSR count). The van der Waals surface area contributed by atoms with Crippen molar-refractivity contribution < 1.29 is 14.3 Å². The largest absolute Gasteiger partial charge is 0.496 e. The molecule has 1 aliphatic heterocycles. The van der Waals surface area contributed by atoms with Crippen LogP contribution in [0.25, 0.3) is 0 Å². The minimum absolute atomic E-state index is 0.157. The average Bonchev–Trinajstić information content (AvgIpc) is 2.88. The summed E-state index contributed by atoms with van der Waals surface area (Å²) in [5.41, 5.74) is 6.18. The van der Waals surface area contributed by atoms with Crippen molar-refractivity contribution in [2.75, 3.05) is 30.9 Å². The van der Waals surface area contributed by atoms with Gasteiger partial charge < -0.3 is 9.64 Å². The number of ether oxygens (including phenoxy) is 1. The van der Waals surface area contributed by atoms with Gasteiger partial charge in [-0.25, -0.2) is 0 Å². The maximum Gasteiger partial charge on any atom is 0.273 e. The standard InChI is InChI=1S/C19H20ClN3O3S/c1-26-16-8-7-13(20)11-14(16)19(25)22-21-18(24)12-23-9-4-10-27-17-6-3-2-5-15(17)23/h2-3,5-8,11H,4,9-10,12H2,1H3,(H,21,24)(H,22,25). The summed E-state index contributed by atoms with van der Waals surface area (Å²) < 4.78 is 5.16. The van der Waals surface area contributed by atoms with Crippen molar-refractivity contribution in [3.63, 3.8) is 0 Å². The molecule has 0 saturated carbocycles. The van der Waals surface area contributed by atoms with Crippen LogP contribution in [-0.2, 0) is 4.79 Å². The summed E-state index contributed by atoms with van der Waals surface area (Å²) in [5.74, 6) is 0.602. The Hall–Kier alpha value is -2.38. The average molecular weight is 406 g/mol. The first-order valence-electron chi connectivity index (χ1n) is 8.48. The summed E-state index contributed by atoms with van der Waals surface area (Å²) in [6.07, 6.45) is 0.985. The molecule has 8 heteroatoms. The normalized spacial score (nSPS) is 13.3. The SMILES string of the molecule is COc1ccc(Cl)cc1C(=O)NNC(=O)CN1CCCSc2ccccc21. The number of hydrogen-bond acceptors (Lipinski definition) is 5. The fraction of sp³-hybridized carbons (Fsp3) is 0.263. The molecule has 0 radical (unpaired) electrons. The van der Waals surface area contributed by atoms with Crippen LogP contribution in [-0.4, -0.2) is 37.8 Å². The van der Waals surface area contributed by atoms with E-state index in [1.54, 1.807) is 23.9 Å². The van der Waals surface area contributed by atoms with Crippen LogP contribution in [0.1, 0.15) is 16.8 Å². The Morgan fingerprint density at radius 3 is 2.85 bits per heavy atom. The van der Waals surface area contributed by atoms with Gasteiger partial charge in [-0.05, 0) is 42.5 Å². The van der Waals surface area contributed by atoms with Gasteiger partial charge in [0.05, 0.1) is 24.9 Å². The first-order valence-corrected chi connectivity index (χ1v) is 9.84. The van der Waals surface area contributed by atoms with E-state index in [1.807, 2.05) is 23.1 Å². The molecule has 2 amide bonds. The third-order valence-corrected chi connectivity index (χ3v) is 5.48. The number of benzene rings is 2. The van der Waals surface area contributed by atoms with E-state index in [4.69, 9.17) is 16.3 Å². The number of fused-ring (bicyclic) bond motifs is 1. The number of hydrogen-bond donors (Lipinski definition) is 2. The second kappa shape index (κ2) is 9.01. The highest BCUT2D eigenvalue weighted by Gasteiger charge is 2.19. The summed E-state index contributed by atoms with van der Waals surface area (Å²) in [4.78, 5) is 27.9. The lowest BCUT2D eigenvalue weighted by atomic mass is 10.2. The lowest BCUT2D eigenvalue weighted by Crippen LogP contribution is -2.46. The Morgan fingerprint density at radius 2 is 2.04 bits per heavy atom. The van der Waals surface area contributed by atoms with E-state index in [2.05, 4.69) is 16.9 Å². The topological polar surface area (TPSA) is 70.7 Å². The summed E-state index contributed by atoms with van der Waals surface area (Å²) in [6, 6.07) is 12.7. The number of carbonyl (C=O) groups is 2. The monoisotopic (exact) mass is 405 g/mol. The van der Waals surface area contributed by atoms with Crippen molar-refractivity contribution in [1.29, 1.82) is 0 Å². The number of thioether (sulfide) groups is 1. The molecule has 0 unspecified atom stereocenters. The van der Waals surface area contributed by atoms with Gasteiger partial charge in [0.15, 0.2) is 0 Å². The molecule has 0 aliphatic carbocycles. The predicted molar refractivity (Wildman–Crippen MR) is 108 cm³/mol. The zero-order valence-corrected chi connectivity index (χ0v) is 16.4. The van der Waals surface area contributed by atoms with Crippen LogP contribution in [0.2, 0.25) is 5.02 Å². The van der Waals surface area contributed by atoms with Gasteiger partial charge in [0, 0.05) is 16.5 Å². The molecule has 6 nitrogen and oxygen atoms in total. The quantitative estimate of drug-likeness (QED) is 0.765. The van der Waals surface area contributed by atoms with E-state index < -0.39 is 5.91 Å². The number of amides is 2. The number of methoxy groups -OCH3 is 1. The summed E-state index contributed by atoms with van der Waals surface area (Å²) in [5, 5.41) is 0.408. The summed E-state index contributed by atoms with van der Waals surface area (Å²) in [7, 11) is 1.47. The number of hydrazine groups is 1. The Kier molecular flexibility index (Phi) is 6.47. The van der Waals surface area contributed by atoms with E-state index in [1.165, 1.54) is 13.2 Å². The molecule has 2 aromatic carbocycles. The molecule has 0 saturated heterocycles. The highest BCUT2D eigenvalue weighted by molar-refractivity contribution is 7.99. The van der Waals surface area contributed by atoms with E-state index in [-0.39, 0.29) is 18.0 Å². The highest BCUT2D eigenvalue weighted by Crippen LogP contribution is 2.33. The fourth-order valence-corrected chi connectivity index (χ4v) is 4.01. The molecule has 0 aromatic heterocycles. The molecule has 1 heterocycles. The number of nitrogens with one attached hydrogen (secondary N) is 2. The van der Waals surface area contributed by atoms with Crippen LogP contribution in [0.5, 0.6) is 5.75 Å². The molecule has 0 fully saturated rings. The lowest BCUT2D eigenvalue weighted by molar-refractivity contribution is -0.120. The van der Waals surface area contributed by atoms with Crippen molar-refractivity contribution in [2.45, 2.75) is 11.3 Å². The highest BCUT2D eigenvalue weighted by atomic mass is 35.5. The van der Waals surface area contributed by atoms with Gasteiger partial charge in [0.25, 0.3) is 11.8 Å². The number of rotatable bonds is 4. The number of halogens is 1. The second-order valence-corrected chi connectivity index (χ2v) is 7.51. The third kappa shape index (κ3) is 4.87. The van der Waals surface area contributed by atoms with Gasteiger partial charge in [-0.3, -0.25) is 20.4 Å². The van der Waals surface area contributed by atoms with Crippen LogP contribution in [0, 0.1) is 0 Å². The van der Waals surface area contributed by atoms with Crippen LogP contribution < -0.4 is 20.5 Å². The van der Waals surface area contributed by atoms with Crippen LogP contribution in [0.3, 0.4) is 0 Å². The molecule has 142 valence electrons. The number of nitrogens with zero attached hydrogens (tertiary/aromatic N) is 1. The molecule has 0 atom stereocenters. The van der Waals surface area contributed by atoms with Gasteiger partial charge in [-0.1, -0.05) is 23.7 Å². The fourth-order valence-electron chi connectivity index (χ4n) is 2.83. The molecule has 2 aromatic rings. The van der Waals surface area contributed by atoms with E-state index in [9.17, 15) is 9.59 Å². The maximum atomic E-state index is 12.4. The first-order chi connectivity index (χ1) is 13.1. The Bertz CT molecular complexity index is 847. The Morgan fingerprint density at radius 1 is 1.22 bits per heavy atom. The first kappa shape index (κ1) is 19.4. The minimum atomic E-state index is -0.491. The van der Waals surface area contributed by atoms with Crippen molar-refractivity contribution in [3.8, 4) is 5.75 Å². The maximum absolute atomic E-state index is 12.4. The molecule has 0 spiro atoms. The second-order valence-electron chi connectivity index (χ2n) is 5.94. The van der Waals surface area contributed by atoms with Crippen LogP contribution in [0.4, 0.5) is 5.69 Å². The van der Waals surface area contributed by atoms with E-state index in [0.29, 0.717) is 10.8 Å². The van der Waals surface area contributed by atoms with E-state index >= 15 is 0 Å². The van der Waals surface area contributed by atoms with Gasteiger partial charge in [-0.2, -0.15) is 0 Å². The lowest BCUT2D eigenvalue weighted by Gasteiger charge is -2.23. The molecule has 0 bridgehead atoms. The Labute approximate surface area is 167 Å². The number of para-hydroxylation sites is 1. The summed E-state index contributed by atoms with van der Waals surface area (Å²) in [6.45, 7) is 0.942. The number of carbonyl (C=O) groups excluding carboxylic acids is 2. The van der Waals surface area contributed by atoms with E-state index in [0.717, 1.165) is 29.3 Å². The van der Waals surface area contributed by atoms with Gasteiger partial charge >= 0.3 is 0 Å². The van der Waals surface area contributed by atoms with Gasteiger partial charge in [0.1, 0.15) is 5.75 Å². The third-order valence-electron chi connectivity index (χ3n) is 4.09. The Balaban J connectivity index is 1.62. The van der Waals surface area contributed by atoms with Crippen molar-refractivity contribution >= 4 is 40.9 Å². The zero-order chi connectivity index (χ0) is 19.2. The summed E-state index contributed by atoms with van der Waals surface area (Å²) >= 11 is 7.73. The predicted octanol–water partition coefficient (Wildman–Crippen LogP) is 3.11. The van der Waals surface area contributed by atoms with Crippen molar-refractivity contribution in [2.24, 2.45) is 0 Å². The molecule has 27 heavy (non-hydrogen) atoms. The zero-order valence-electron chi connectivity index (χ0n) is 14.8. The molecular formula is C19H20ClN3O3S. The molecular weight excluding hydrogens is 386 g/mol. The van der Waals surface area contributed by atoms with Crippen LogP contribution in [0.15, 0.2) is 47.4 Å². The number of anilines is 1. The molecule has 2 N–H and O–H groups in total. The minimum Gasteiger partial charge on any atom is -0.496 e. The van der Waals surface area contributed by atoms with Gasteiger partial charge in [-0.15, -0.1) is 11.8 Å². The smallest absolute Gasteiger partial charge is 0.273 e. The van der Waals surface area contributed by atoms with Crippen molar-refractivity contribution in [1.82, 2.24) is 10.9 Å². The molecule has 1 aliphatic rings. The van der Waals surface area contributed by atoms with Crippen LogP contribution >= 0.6 is 23.4 Å². The van der Waals surface area contributed by atoms with Crippen molar-refractivity contribution in [3.05, 3.63) is 53.1 Å². The van der Waals surface area contributed by atoms with Gasteiger partial charge in [0.2, 0.25) is 0 Å².